The number of fused-ring (bicyclic) bond motifs is 1. The topological polar surface area (TPSA) is 53.4 Å². The van der Waals surface area contributed by atoms with Crippen LogP contribution in [0, 0.1) is 18.3 Å². The molecule has 0 saturated heterocycles. The summed E-state index contributed by atoms with van der Waals surface area (Å²) in [5.74, 6) is 0.970. The zero-order chi connectivity index (χ0) is 27.0. The molecule has 1 aliphatic carbocycles. The molecule has 2 atom stereocenters. The van der Waals surface area contributed by atoms with E-state index in [4.69, 9.17) is 9.72 Å². The second-order valence-electron chi connectivity index (χ2n) is 11.2. The van der Waals surface area contributed by atoms with Gasteiger partial charge in [0.2, 0.25) is 0 Å². The number of imidazole rings is 1. The minimum absolute atomic E-state index is 0.197. The lowest BCUT2D eigenvalue weighted by atomic mass is 9.70. The van der Waals surface area contributed by atoms with Crippen molar-refractivity contribution >= 4 is 17.0 Å². The fourth-order valence-corrected chi connectivity index (χ4v) is 5.96. The van der Waals surface area contributed by atoms with Gasteiger partial charge >= 0.3 is 12.3 Å². The fourth-order valence-electron chi connectivity index (χ4n) is 5.96. The molecule has 0 bridgehead atoms. The van der Waals surface area contributed by atoms with Crippen LogP contribution in [0.3, 0.4) is 0 Å². The summed E-state index contributed by atoms with van der Waals surface area (Å²) in [5, 5.41) is 0. The number of ether oxygens (including phenoxy) is 2. The van der Waals surface area contributed by atoms with Crippen LogP contribution in [0.1, 0.15) is 75.0 Å². The fraction of sp³-hybridized carbons (Fsp3) is 0.517. The van der Waals surface area contributed by atoms with E-state index >= 15 is 0 Å². The lowest BCUT2D eigenvalue weighted by molar-refractivity contribution is -0.274. The van der Waals surface area contributed by atoms with Crippen molar-refractivity contribution in [3.8, 4) is 5.75 Å². The molecule has 2 aromatic carbocycles. The number of carbonyl (C=O) groups excluding carboxylic acids is 1. The highest BCUT2D eigenvalue weighted by atomic mass is 19.4. The van der Waals surface area contributed by atoms with E-state index in [1.807, 2.05) is 0 Å². The van der Waals surface area contributed by atoms with Crippen LogP contribution in [-0.2, 0) is 22.4 Å². The van der Waals surface area contributed by atoms with Crippen molar-refractivity contribution in [1.82, 2.24) is 9.55 Å². The van der Waals surface area contributed by atoms with E-state index in [0.717, 1.165) is 46.4 Å². The SMILES string of the molecule is COC(=O)CCc1cc2nc(Cc3ccc(OC(F)(F)F)cc3)n(C3C[C@H](C)CC(C)(C)C3)c2cc1C. The van der Waals surface area contributed by atoms with Crippen molar-refractivity contribution in [3.05, 3.63) is 58.9 Å². The molecule has 1 heterocycles. The van der Waals surface area contributed by atoms with Crippen LogP contribution < -0.4 is 4.74 Å². The number of benzene rings is 2. The maximum Gasteiger partial charge on any atom is 0.573 e. The van der Waals surface area contributed by atoms with Crippen molar-refractivity contribution in [3.63, 3.8) is 0 Å². The molecule has 0 aliphatic heterocycles. The van der Waals surface area contributed by atoms with Crippen molar-refractivity contribution in [2.24, 2.45) is 11.3 Å². The lowest BCUT2D eigenvalue weighted by Gasteiger charge is -2.40. The minimum Gasteiger partial charge on any atom is -0.469 e. The summed E-state index contributed by atoms with van der Waals surface area (Å²) in [4.78, 5) is 16.7. The number of esters is 1. The van der Waals surface area contributed by atoms with Gasteiger partial charge in [0, 0.05) is 18.9 Å². The monoisotopic (exact) mass is 516 g/mol. The number of methoxy groups -OCH3 is 1. The third kappa shape index (κ3) is 6.65. The Morgan fingerprint density at radius 2 is 1.86 bits per heavy atom. The summed E-state index contributed by atoms with van der Waals surface area (Å²) in [6.45, 7) is 8.96. The maximum absolute atomic E-state index is 12.6. The average molecular weight is 517 g/mol. The second-order valence-corrected chi connectivity index (χ2v) is 11.2. The summed E-state index contributed by atoms with van der Waals surface area (Å²) in [6, 6.07) is 10.5. The van der Waals surface area contributed by atoms with E-state index < -0.39 is 6.36 Å². The molecule has 0 spiro atoms. The molecule has 0 radical (unpaired) electrons. The molecule has 37 heavy (non-hydrogen) atoms. The number of aryl methyl sites for hydroxylation is 2. The molecule has 1 fully saturated rings. The molecule has 1 aliphatic rings. The van der Waals surface area contributed by atoms with E-state index in [-0.39, 0.29) is 23.2 Å². The zero-order valence-corrected chi connectivity index (χ0v) is 22.1. The summed E-state index contributed by atoms with van der Waals surface area (Å²) in [6.07, 6.45) is -0.113. The Balaban J connectivity index is 1.73. The Bertz CT molecular complexity index is 1260. The average Bonchev–Trinajstić information content (AvgIpc) is 3.12. The van der Waals surface area contributed by atoms with Gasteiger partial charge in [-0.2, -0.15) is 0 Å². The van der Waals surface area contributed by atoms with Gasteiger partial charge in [-0.25, -0.2) is 4.98 Å². The standard InChI is InChI=1S/C29H35F3N2O3/c1-18-12-22(17-28(3,4)16-18)34-25-13-19(2)21(8-11-27(35)36-5)15-24(25)33-26(34)14-20-6-9-23(10-7-20)37-29(30,31)32/h6-7,9-10,13,15,18,22H,8,11-12,14,16-17H2,1-5H3/t18-,22?/m0/s1. The Kier molecular flexibility index (Phi) is 7.58. The van der Waals surface area contributed by atoms with Crippen molar-refractivity contribution in [2.75, 3.05) is 7.11 Å². The molecule has 8 heteroatoms. The first-order chi connectivity index (χ1) is 17.3. The number of hydrogen-bond donors (Lipinski definition) is 0. The van der Waals surface area contributed by atoms with Gasteiger partial charge in [0.05, 0.1) is 18.1 Å². The van der Waals surface area contributed by atoms with Crippen molar-refractivity contribution < 1.29 is 27.4 Å². The van der Waals surface area contributed by atoms with Gasteiger partial charge in [0.1, 0.15) is 11.6 Å². The highest BCUT2D eigenvalue weighted by Gasteiger charge is 2.35. The van der Waals surface area contributed by atoms with Crippen molar-refractivity contribution in [2.45, 2.75) is 78.6 Å². The van der Waals surface area contributed by atoms with Crippen LogP contribution in [0.2, 0.25) is 0 Å². The van der Waals surface area contributed by atoms with Gasteiger partial charge < -0.3 is 14.0 Å². The predicted molar refractivity (Wildman–Crippen MR) is 137 cm³/mol. The summed E-state index contributed by atoms with van der Waals surface area (Å²) < 4.78 is 48.9. The van der Waals surface area contributed by atoms with E-state index in [1.54, 1.807) is 12.1 Å². The zero-order valence-electron chi connectivity index (χ0n) is 22.1. The first-order valence-corrected chi connectivity index (χ1v) is 12.8. The Morgan fingerprint density at radius 3 is 2.49 bits per heavy atom. The van der Waals surface area contributed by atoms with E-state index in [2.05, 4.69) is 49.1 Å². The van der Waals surface area contributed by atoms with Gasteiger partial charge in [-0.3, -0.25) is 4.79 Å². The van der Waals surface area contributed by atoms with E-state index in [1.165, 1.54) is 25.7 Å². The highest BCUT2D eigenvalue weighted by Crippen LogP contribution is 2.45. The van der Waals surface area contributed by atoms with Crippen LogP contribution in [0.15, 0.2) is 36.4 Å². The van der Waals surface area contributed by atoms with E-state index in [9.17, 15) is 18.0 Å². The van der Waals surface area contributed by atoms with E-state index in [0.29, 0.717) is 25.2 Å². The number of alkyl halides is 3. The largest absolute Gasteiger partial charge is 0.573 e. The van der Waals surface area contributed by atoms with Crippen molar-refractivity contribution in [1.29, 1.82) is 0 Å². The molecule has 4 rings (SSSR count). The lowest BCUT2D eigenvalue weighted by Crippen LogP contribution is -2.30. The molecule has 0 amide bonds. The van der Waals surface area contributed by atoms with Crippen LogP contribution in [0.5, 0.6) is 5.75 Å². The Labute approximate surface area is 216 Å². The third-order valence-electron chi connectivity index (χ3n) is 7.29. The van der Waals surface area contributed by atoms with Crippen LogP contribution >= 0.6 is 0 Å². The third-order valence-corrected chi connectivity index (χ3v) is 7.29. The predicted octanol–water partition coefficient (Wildman–Crippen LogP) is 7.33. The number of nitrogens with zero attached hydrogens (tertiary/aromatic N) is 2. The quantitative estimate of drug-likeness (QED) is 0.309. The minimum atomic E-state index is -4.72. The first-order valence-electron chi connectivity index (χ1n) is 12.8. The number of rotatable bonds is 7. The molecule has 1 aromatic heterocycles. The van der Waals surface area contributed by atoms with Gasteiger partial charge in [0.15, 0.2) is 0 Å². The molecular formula is C29H35F3N2O3. The van der Waals surface area contributed by atoms with Gasteiger partial charge in [-0.1, -0.05) is 32.9 Å². The molecule has 0 N–H and O–H groups in total. The molecule has 1 saturated carbocycles. The van der Waals surface area contributed by atoms with Crippen LogP contribution in [0.4, 0.5) is 13.2 Å². The molecule has 1 unspecified atom stereocenters. The van der Waals surface area contributed by atoms with Gasteiger partial charge in [-0.15, -0.1) is 13.2 Å². The van der Waals surface area contributed by atoms with Gasteiger partial charge in [0.25, 0.3) is 0 Å². The first kappa shape index (κ1) is 27.0. The number of aromatic nitrogens is 2. The number of hydrogen-bond acceptors (Lipinski definition) is 4. The molecule has 5 nitrogen and oxygen atoms in total. The second kappa shape index (κ2) is 10.4. The smallest absolute Gasteiger partial charge is 0.469 e. The number of carbonyl (C=O) groups is 1. The normalized spacial score (nSPS) is 19.7. The number of halogens is 3. The Hall–Kier alpha value is -3.03. The summed E-state index contributed by atoms with van der Waals surface area (Å²) >= 11 is 0. The highest BCUT2D eigenvalue weighted by molar-refractivity contribution is 5.79. The van der Waals surface area contributed by atoms with Crippen LogP contribution in [-0.4, -0.2) is 29.0 Å². The molecule has 200 valence electrons. The Morgan fingerprint density at radius 1 is 1.16 bits per heavy atom. The summed E-state index contributed by atoms with van der Waals surface area (Å²) in [5.41, 5.74) is 5.13. The molecular weight excluding hydrogens is 481 g/mol. The van der Waals surface area contributed by atoms with Crippen LogP contribution in [0.25, 0.3) is 11.0 Å². The molecule has 3 aromatic rings. The van der Waals surface area contributed by atoms with Gasteiger partial charge in [-0.05, 0) is 84.9 Å². The summed E-state index contributed by atoms with van der Waals surface area (Å²) in [7, 11) is 1.39. The maximum atomic E-state index is 12.6.